The van der Waals surface area contributed by atoms with Crippen molar-refractivity contribution in [1.29, 1.82) is 0 Å². The number of nitrogens with zero attached hydrogens (tertiary/aromatic N) is 1. The Balaban J connectivity index is 1.47. The second-order valence-electron chi connectivity index (χ2n) is 8.34. The van der Waals surface area contributed by atoms with Crippen molar-refractivity contribution in [2.24, 2.45) is 4.99 Å². The summed E-state index contributed by atoms with van der Waals surface area (Å²) in [6, 6.07) is 9.97. The van der Waals surface area contributed by atoms with Crippen molar-refractivity contribution in [3.8, 4) is 0 Å². The molecule has 30 heavy (non-hydrogen) atoms. The van der Waals surface area contributed by atoms with Crippen molar-refractivity contribution in [1.82, 2.24) is 5.32 Å². The van der Waals surface area contributed by atoms with Crippen LogP contribution in [0, 0.1) is 0 Å². The fraction of sp³-hybridized carbons (Fsp3) is 0.440. The molecule has 1 fully saturated rings. The molecule has 156 valence electrons. The highest BCUT2D eigenvalue weighted by atomic mass is 16.6. The van der Waals surface area contributed by atoms with E-state index in [9.17, 15) is 4.79 Å². The van der Waals surface area contributed by atoms with Gasteiger partial charge in [0.25, 0.3) is 11.6 Å². The van der Waals surface area contributed by atoms with Gasteiger partial charge >= 0.3 is 5.97 Å². The summed E-state index contributed by atoms with van der Waals surface area (Å²) in [5.74, 6) is -0.391. The topological polar surface area (TPSA) is 59.9 Å². The molecule has 0 saturated heterocycles. The molecule has 1 saturated carbocycles. The van der Waals surface area contributed by atoms with Crippen molar-refractivity contribution in [2.45, 2.75) is 57.5 Å². The van der Waals surface area contributed by atoms with Gasteiger partial charge in [-0.2, -0.15) is 0 Å². The van der Waals surface area contributed by atoms with Crippen molar-refractivity contribution in [3.63, 3.8) is 0 Å². The van der Waals surface area contributed by atoms with Gasteiger partial charge in [0.1, 0.15) is 0 Å². The molecule has 3 aliphatic carbocycles. The van der Waals surface area contributed by atoms with Gasteiger partial charge in [-0.1, -0.05) is 42.0 Å². The summed E-state index contributed by atoms with van der Waals surface area (Å²) in [4.78, 5) is 17.6. The maximum absolute atomic E-state index is 12.9. The molecule has 1 unspecified atom stereocenters. The number of hydrogen-bond acceptors (Lipinski definition) is 5. The molecule has 0 radical (unpaired) electrons. The molecule has 1 N–H and O–H groups in total. The van der Waals surface area contributed by atoms with E-state index in [1.54, 1.807) is 0 Å². The quantitative estimate of drug-likeness (QED) is 0.741. The first-order valence-corrected chi connectivity index (χ1v) is 11.1. The molecule has 0 amide bonds. The zero-order chi connectivity index (χ0) is 20.6. The average molecular weight is 405 g/mol. The van der Waals surface area contributed by atoms with Crippen LogP contribution in [0.3, 0.4) is 0 Å². The molecule has 1 atom stereocenters. The minimum Gasteiger partial charge on any atom is -0.463 e. The number of aliphatic imine (C=N–C) groups is 1. The van der Waals surface area contributed by atoms with Crippen LogP contribution in [-0.2, 0) is 19.9 Å². The number of hydrogen-bond donors (Lipinski definition) is 1. The second-order valence-corrected chi connectivity index (χ2v) is 8.34. The van der Waals surface area contributed by atoms with Gasteiger partial charge in [-0.15, -0.1) is 0 Å². The summed E-state index contributed by atoms with van der Waals surface area (Å²) < 4.78 is 11.7. The molecule has 1 aliphatic heterocycles. The number of ether oxygens (including phenoxy) is 2. The maximum Gasteiger partial charge on any atom is 0.357 e. The standard InChI is InChI=1S/C25H28N2O3/c1-2-29-23(28)25(19-10-4-3-5-11-19)16-26-24(30-25)27-22-20-12-6-8-17(20)14-15-18-9-7-13-21(18)22/h3-5,10-11,14H,2,6-9,12-13,15-16H2,1H3,(H,26,27). The van der Waals surface area contributed by atoms with E-state index in [1.807, 2.05) is 37.3 Å². The van der Waals surface area contributed by atoms with Crippen LogP contribution in [0.25, 0.3) is 0 Å². The van der Waals surface area contributed by atoms with E-state index in [4.69, 9.17) is 9.47 Å². The molecule has 5 nitrogen and oxygen atoms in total. The van der Waals surface area contributed by atoms with Gasteiger partial charge in [0.2, 0.25) is 0 Å². The molecule has 0 aromatic heterocycles. The smallest absolute Gasteiger partial charge is 0.357 e. The normalized spacial score (nSPS) is 25.2. The largest absolute Gasteiger partial charge is 0.463 e. The van der Waals surface area contributed by atoms with E-state index in [1.165, 1.54) is 47.3 Å². The lowest BCUT2D eigenvalue weighted by Crippen LogP contribution is -2.42. The zero-order valence-electron chi connectivity index (χ0n) is 17.5. The van der Waals surface area contributed by atoms with Gasteiger partial charge in [-0.05, 0) is 68.6 Å². The maximum atomic E-state index is 12.9. The third kappa shape index (κ3) is 3.17. The molecule has 1 aromatic rings. The van der Waals surface area contributed by atoms with Crippen LogP contribution in [-0.4, -0.2) is 25.1 Å². The van der Waals surface area contributed by atoms with Crippen LogP contribution in [0.15, 0.2) is 69.4 Å². The van der Waals surface area contributed by atoms with Gasteiger partial charge in [0.05, 0.1) is 13.2 Å². The molecule has 1 heterocycles. The molecule has 5 rings (SSSR count). The number of carbonyl (C=O) groups excluding carboxylic acids is 1. The number of carbonyl (C=O) groups is 1. The van der Waals surface area contributed by atoms with E-state index in [0.717, 1.165) is 31.2 Å². The highest BCUT2D eigenvalue weighted by molar-refractivity contribution is 5.90. The predicted molar refractivity (Wildman–Crippen MR) is 116 cm³/mol. The van der Waals surface area contributed by atoms with Crippen LogP contribution < -0.4 is 5.32 Å². The van der Waals surface area contributed by atoms with E-state index in [0.29, 0.717) is 12.6 Å². The van der Waals surface area contributed by atoms with Crippen LogP contribution in [0.2, 0.25) is 0 Å². The summed E-state index contributed by atoms with van der Waals surface area (Å²) in [6.45, 7) is 2.33. The molecule has 5 heteroatoms. The van der Waals surface area contributed by atoms with Gasteiger partial charge < -0.3 is 14.8 Å². The number of benzene rings is 1. The summed E-state index contributed by atoms with van der Waals surface area (Å²) in [7, 11) is 0. The molecular weight excluding hydrogens is 376 g/mol. The minimum atomic E-state index is -1.23. The van der Waals surface area contributed by atoms with Gasteiger partial charge in [-0.25, -0.2) is 9.79 Å². The number of nitrogens with one attached hydrogen (secondary N) is 1. The Morgan fingerprint density at radius 3 is 2.77 bits per heavy atom. The van der Waals surface area contributed by atoms with E-state index in [2.05, 4.69) is 16.4 Å². The Hall–Kier alpha value is -2.82. The zero-order valence-corrected chi connectivity index (χ0v) is 17.5. The Bertz CT molecular complexity index is 987. The van der Waals surface area contributed by atoms with Crippen LogP contribution in [0.4, 0.5) is 0 Å². The summed E-state index contributed by atoms with van der Waals surface area (Å²) >= 11 is 0. The molecule has 0 bridgehead atoms. The number of esters is 1. The minimum absolute atomic E-state index is 0.218. The van der Waals surface area contributed by atoms with Crippen molar-refractivity contribution in [2.75, 3.05) is 13.2 Å². The van der Waals surface area contributed by atoms with Crippen molar-refractivity contribution < 1.29 is 14.3 Å². The highest BCUT2D eigenvalue weighted by Gasteiger charge is 2.49. The van der Waals surface area contributed by atoms with Crippen molar-refractivity contribution >= 4 is 12.0 Å². The fourth-order valence-corrected chi connectivity index (χ4v) is 5.10. The molecule has 1 aromatic carbocycles. The summed E-state index contributed by atoms with van der Waals surface area (Å²) in [5.41, 5.74) is 6.55. The van der Waals surface area contributed by atoms with E-state index < -0.39 is 11.6 Å². The average Bonchev–Trinajstić information content (AvgIpc) is 3.50. The Labute approximate surface area is 177 Å². The third-order valence-corrected chi connectivity index (χ3v) is 6.58. The Kier molecular flexibility index (Phi) is 4.97. The lowest BCUT2D eigenvalue weighted by Gasteiger charge is -2.27. The highest BCUT2D eigenvalue weighted by Crippen LogP contribution is 2.43. The molecular formula is C25H28N2O3. The lowest BCUT2D eigenvalue weighted by atomic mass is 9.94. The summed E-state index contributed by atoms with van der Waals surface area (Å²) in [5, 5.41) is 3.52. The van der Waals surface area contributed by atoms with Crippen LogP contribution >= 0.6 is 0 Å². The number of fused-ring (bicyclic) bond motifs is 1. The number of allylic oxidation sites excluding steroid dienone is 5. The predicted octanol–water partition coefficient (Wildman–Crippen LogP) is 4.67. The first kappa shape index (κ1) is 19.2. The first-order chi connectivity index (χ1) is 14.7. The van der Waals surface area contributed by atoms with E-state index in [-0.39, 0.29) is 6.54 Å². The molecule has 4 aliphatic rings. The third-order valence-electron chi connectivity index (χ3n) is 6.58. The van der Waals surface area contributed by atoms with Gasteiger partial charge in [0.15, 0.2) is 0 Å². The SMILES string of the molecule is CCOC(=O)C1(c2ccccc2)CN=C(NC2=C3CCCC3=CCC3=C2CCC3)O1. The van der Waals surface area contributed by atoms with E-state index >= 15 is 0 Å². The van der Waals surface area contributed by atoms with Crippen LogP contribution in [0.5, 0.6) is 0 Å². The lowest BCUT2D eigenvalue weighted by molar-refractivity contribution is -0.161. The fourth-order valence-electron chi connectivity index (χ4n) is 5.10. The summed E-state index contributed by atoms with van der Waals surface area (Å²) in [6.07, 6.45) is 10.4. The monoisotopic (exact) mass is 404 g/mol. The Morgan fingerprint density at radius 1 is 1.13 bits per heavy atom. The molecule has 0 spiro atoms. The number of rotatable bonds is 4. The number of amidine groups is 1. The second kappa shape index (κ2) is 7.78. The first-order valence-electron chi connectivity index (χ1n) is 11.1. The van der Waals surface area contributed by atoms with Gasteiger partial charge in [0, 0.05) is 11.3 Å². The van der Waals surface area contributed by atoms with Crippen molar-refractivity contribution in [3.05, 3.63) is 70.0 Å². The Morgan fingerprint density at radius 2 is 1.93 bits per heavy atom. The van der Waals surface area contributed by atoms with Crippen LogP contribution in [0.1, 0.15) is 57.4 Å². The van der Waals surface area contributed by atoms with Gasteiger partial charge in [-0.3, -0.25) is 0 Å².